The van der Waals surface area contributed by atoms with Gasteiger partial charge in [-0.2, -0.15) is 0 Å². The van der Waals surface area contributed by atoms with Crippen LogP contribution in [0.4, 0.5) is 4.39 Å². The van der Waals surface area contributed by atoms with Crippen LogP contribution in [0.1, 0.15) is 19.4 Å². The third-order valence-corrected chi connectivity index (χ3v) is 4.02. The number of nitrogens with one attached hydrogen (secondary N) is 2. The Hall–Kier alpha value is -0.450. The molecule has 100 valence electrons. The summed E-state index contributed by atoms with van der Waals surface area (Å²) in [6, 6.07) is 5.14. The Morgan fingerprint density at radius 3 is 2.78 bits per heavy atom. The Morgan fingerprint density at radius 2 is 2.17 bits per heavy atom. The molecule has 1 aromatic carbocycles. The lowest BCUT2D eigenvalue weighted by molar-refractivity contribution is 0.318. The molecule has 2 nitrogen and oxygen atoms in total. The highest BCUT2D eigenvalue weighted by Gasteiger charge is 2.25. The highest BCUT2D eigenvalue weighted by atomic mass is 79.9. The second kappa shape index (κ2) is 5.68. The van der Waals surface area contributed by atoms with Gasteiger partial charge in [-0.05, 0) is 29.7 Å². The summed E-state index contributed by atoms with van der Waals surface area (Å²) in [6.07, 6.45) is 0. The van der Waals surface area contributed by atoms with Crippen molar-refractivity contribution in [3.63, 3.8) is 0 Å². The van der Waals surface area contributed by atoms with Crippen LogP contribution in [0, 0.1) is 11.7 Å². The van der Waals surface area contributed by atoms with Gasteiger partial charge in [-0.25, -0.2) is 4.39 Å². The lowest BCUT2D eigenvalue weighted by atomic mass is 9.84. The summed E-state index contributed by atoms with van der Waals surface area (Å²) >= 11 is 3.41. The molecule has 0 unspecified atom stereocenters. The number of benzene rings is 1. The van der Waals surface area contributed by atoms with E-state index < -0.39 is 0 Å². The van der Waals surface area contributed by atoms with Crippen LogP contribution in [0.5, 0.6) is 0 Å². The highest BCUT2D eigenvalue weighted by molar-refractivity contribution is 9.10. The lowest BCUT2D eigenvalue weighted by Gasteiger charge is -2.31. The van der Waals surface area contributed by atoms with E-state index in [1.807, 2.05) is 6.07 Å². The molecule has 0 atom stereocenters. The van der Waals surface area contributed by atoms with E-state index in [2.05, 4.69) is 40.4 Å². The highest BCUT2D eigenvalue weighted by Crippen LogP contribution is 2.28. The Morgan fingerprint density at radius 1 is 1.44 bits per heavy atom. The maximum Gasteiger partial charge on any atom is 0.127 e. The summed E-state index contributed by atoms with van der Waals surface area (Å²) in [5.74, 6) is 0.600. The Kier molecular flexibility index (Phi) is 4.41. The molecule has 1 aromatic rings. The maximum atomic E-state index is 13.9. The fourth-order valence-corrected chi connectivity index (χ4v) is 2.55. The number of halogens is 2. The van der Waals surface area contributed by atoms with Gasteiger partial charge in [-0.3, -0.25) is 0 Å². The number of rotatable bonds is 5. The van der Waals surface area contributed by atoms with Crippen LogP contribution >= 0.6 is 15.9 Å². The zero-order valence-electron chi connectivity index (χ0n) is 10.9. The summed E-state index contributed by atoms with van der Waals surface area (Å²) in [5.41, 5.74) is 0.557. The van der Waals surface area contributed by atoms with Crippen molar-refractivity contribution in [3.05, 3.63) is 34.1 Å². The van der Waals surface area contributed by atoms with E-state index in [1.54, 1.807) is 6.07 Å². The lowest BCUT2D eigenvalue weighted by Crippen LogP contribution is -2.48. The number of hydrogen-bond donors (Lipinski definition) is 2. The van der Waals surface area contributed by atoms with Gasteiger partial charge in [0.1, 0.15) is 5.82 Å². The molecule has 1 aliphatic heterocycles. The molecule has 1 fully saturated rings. The predicted molar refractivity (Wildman–Crippen MR) is 76.4 cm³/mol. The smallest absolute Gasteiger partial charge is 0.127 e. The molecule has 2 N–H and O–H groups in total. The molecule has 2 rings (SSSR count). The van der Waals surface area contributed by atoms with E-state index in [-0.39, 0.29) is 11.2 Å². The first-order valence-corrected chi connectivity index (χ1v) is 7.15. The Bertz CT molecular complexity index is 416. The molecular weight excluding hydrogens is 295 g/mol. The standard InChI is InChI=1S/C14H20BrFN2/c1-14(2,9-18-8-10-6-17-7-10)12-5-11(15)3-4-13(12)16/h3-5,10,17-18H,6-9H2,1-2H3. The van der Waals surface area contributed by atoms with E-state index in [0.717, 1.165) is 42.1 Å². The van der Waals surface area contributed by atoms with Gasteiger partial charge in [0.2, 0.25) is 0 Å². The molecule has 0 aliphatic carbocycles. The van der Waals surface area contributed by atoms with Crippen molar-refractivity contribution in [2.75, 3.05) is 26.2 Å². The van der Waals surface area contributed by atoms with Crippen molar-refractivity contribution in [2.24, 2.45) is 5.92 Å². The third-order valence-electron chi connectivity index (χ3n) is 3.52. The van der Waals surface area contributed by atoms with Gasteiger partial charge in [0.05, 0.1) is 0 Å². The molecule has 1 heterocycles. The summed E-state index contributed by atoms with van der Waals surface area (Å²) < 4.78 is 14.8. The second-order valence-corrected chi connectivity index (χ2v) is 6.58. The first-order chi connectivity index (χ1) is 8.49. The van der Waals surface area contributed by atoms with E-state index in [9.17, 15) is 4.39 Å². The minimum atomic E-state index is -0.203. The quantitative estimate of drug-likeness (QED) is 0.873. The van der Waals surface area contributed by atoms with Crippen LogP contribution in [-0.2, 0) is 5.41 Å². The van der Waals surface area contributed by atoms with Crippen LogP contribution in [0.15, 0.2) is 22.7 Å². The minimum absolute atomic E-state index is 0.129. The molecule has 0 bridgehead atoms. The van der Waals surface area contributed by atoms with Crippen LogP contribution in [0.25, 0.3) is 0 Å². The molecule has 18 heavy (non-hydrogen) atoms. The van der Waals surface area contributed by atoms with Gasteiger partial charge < -0.3 is 10.6 Å². The van der Waals surface area contributed by atoms with Gasteiger partial charge in [-0.1, -0.05) is 29.8 Å². The van der Waals surface area contributed by atoms with Crippen molar-refractivity contribution in [3.8, 4) is 0 Å². The zero-order valence-corrected chi connectivity index (χ0v) is 12.5. The van der Waals surface area contributed by atoms with Crippen molar-refractivity contribution in [1.29, 1.82) is 0 Å². The van der Waals surface area contributed by atoms with Gasteiger partial charge in [-0.15, -0.1) is 0 Å². The van der Waals surface area contributed by atoms with Gasteiger partial charge in [0.25, 0.3) is 0 Å². The van der Waals surface area contributed by atoms with Crippen molar-refractivity contribution in [2.45, 2.75) is 19.3 Å². The van der Waals surface area contributed by atoms with Gasteiger partial charge in [0.15, 0.2) is 0 Å². The first kappa shape index (κ1) is 14.0. The molecule has 0 saturated carbocycles. The first-order valence-electron chi connectivity index (χ1n) is 6.36. The van der Waals surface area contributed by atoms with E-state index in [0.29, 0.717) is 0 Å². The SMILES string of the molecule is CC(C)(CNCC1CNC1)c1cc(Br)ccc1F. The van der Waals surface area contributed by atoms with Crippen LogP contribution in [-0.4, -0.2) is 26.2 Å². The fraction of sp³-hybridized carbons (Fsp3) is 0.571. The topological polar surface area (TPSA) is 24.1 Å². The van der Waals surface area contributed by atoms with Crippen LogP contribution in [0.2, 0.25) is 0 Å². The van der Waals surface area contributed by atoms with E-state index in [1.165, 1.54) is 6.07 Å². The van der Waals surface area contributed by atoms with E-state index in [4.69, 9.17) is 0 Å². The average Bonchev–Trinajstić information content (AvgIpc) is 2.25. The molecule has 0 amide bonds. The van der Waals surface area contributed by atoms with Gasteiger partial charge >= 0.3 is 0 Å². The predicted octanol–water partition coefficient (Wildman–Crippen LogP) is 2.67. The molecule has 1 aliphatic rings. The normalized spacial score (nSPS) is 16.7. The monoisotopic (exact) mass is 314 g/mol. The Labute approximate surface area is 116 Å². The summed E-state index contributed by atoms with van der Waals surface area (Å²) in [7, 11) is 0. The van der Waals surface area contributed by atoms with Crippen molar-refractivity contribution < 1.29 is 4.39 Å². The Balaban J connectivity index is 1.97. The molecule has 0 radical (unpaired) electrons. The van der Waals surface area contributed by atoms with Crippen molar-refractivity contribution in [1.82, 2.24) is 10.6 Å². The fourth-order valence-electron chi connectivity index (χ4n) is 2.19. The average molecular weight is 315 g/mol. The van der Waals surface area contributed by atoms with Crippen LogP contribution in [0.3, 0.4) is 0 Å². The molecule has 1 saturated heterocycles. The molecule has 4 heteroatoms. The largest absolute Gasteiger partial charge is 0.316 e. The maximum absolute atomic E-state index is 13.9. The van der Waals surface area contributed by atoms with Crippen molar-refractivity contribution >= 4 is 15.9 Å². The molecule has 0 spiro atoms. The molecular formula is C14H20BrFN2. The summed E-state index contributed by atoms with van der Waals surface area (Å²) in [4.78, 5) is 0. The van der Waals surface area contributed by atoms with Gasteiger partial charge in [0, 0.05) is 36.1 Å². The minimum Gasteiger partial charge on any atom is -0.316 e. The summed E-state index contributed by atoms with van der Waals surface area (Å²) in [5, 5.41) is 6.70. The summed E-state index contributed by atoms with van der Waals surface area (Å²) in [6.45, 7) is 8.13. The zero-order chi connectivity index (χ0) is 13.2. The molecule has 0 aromatic heterocycles. The third kappa shape index (κ3) is 3.31. The second-order valence-electron chi connectivity index (χ2n) is 5.66. The number of hydrogen-bond acceptors (Lipinski definition) is 2. The van der Waals surface area contributed by atoms with Crippen LogP contribution < -0.4 is 10.6 Å². The van der Waals surface area contributed by atoms with E-state index >= 15 is 0 Å².